The molecule has 0 bridgehead atoms. The Kier molecular flexibility index (Phi) is 5.88. The Labute approximate surface area is 151 Å². The van der Waals surface area contributed by atoms with Gasteiger partial charge in [-0.25, -0.2) is 9.82 Å². The number of para-hydroxylation sites is 1. The number of ether oxygens (including phenoxy) is 1. The molecule has 25 heavy (non-hydrogen) atoms. The molecule has 3 aromatic rings. The van der Waals surface area contributed by atoms with Crippen LogP contribution in [0.1, 0.15) is 11.1 Å². The van der Waals surface area contributed by atoms with Crippen molar-refractivity contribution in [1.29, 1.82) is 0 Å². The molecule has 0 saturated carbocycles. The number of hydrazine groups is 1. The van der Waals surface area contributed by atoms with Crippen LogP contribution in [-0.4, -0.2) is 0 Å². The molecule has 0 radical (unpaired) electrons. The Morgan fingerprint density at radius 2 is 1.76 bits per heavy atom. The van der Waals surface area contributed by atoms with E-state index in [1.807, 2.05) is 48.5 Å². The summed E-state index contributed by atoms with van der Waals surface area (Å²) in [4.78, 5) is 0. The zero-order chi connectivity index (χ0) is 17.5. The SMILES string of the molecule is Fc1cccc(COc2ccc(Cl)cc2CNNc2ccccc2)c1. The highest BCUT2D eigenvalue weighted by molar-refractivity contribution is 6.30. The van der Waals surface area contributed by atoms with E-state index >= 15 is 0 Å². The number of halogens is 2. The van der Waals surface area contributed by atoms with Crippen LogP contribution in [-0.2, 0) is 13.2 Å². The molecule has 0 aliphatic rings. The summed E-state index contributed by atoms with van der Waals surface area (Å²) >= 11 is 6.10. The van der Waals surface area contributed by atoms with Crippen LogP contribution in [0.15, 0.2) is 72.8 Å². The van der Waals surface area contributed by atoms with Crippen molar-refractivity contribution in [3.05, 3.63) is 94.8 Å². The first-order valence-electron chi connectivity index (χ1n) is 7.90. The Morgan fingerprint density at radius 1 is 0.920 bits per heavy atom. The van der Waals surface area contributed by atoms with E-state index in [1.165, 1.54) is 12.1 Å². The summed E-state index contributed by atoms with van der Waals surface area (Å²) < 4.78 is 19.1. The maximum absolute atomic E-state index is 13.3. The van der Waals surface area contributed by atoms with Crippen LogP contribution in [0.4, 0.5) is 10.1 Å². The van der Waals surface area contributed by atoms with Crippen LogP contribution in [0.2, 0.25) is 5.02 Å². The summed E-state index contributed by atoms with van der Waals surface area (Å²) in [7, 11) is 0. The number of hydrogen-bond acceptors (Lipinski definition) is 3. The van der Waals surface area contributed by atoms with Gasteiger partial charge in [0.25, 0.3) is 0 Å². The number of hydrogen-bond donors (Lipinski definition) is 2. The molecule has 3 nitrogen and oxygen atoms in total. The van der Waals surface area contributed by atoms with E-state index in [2.05, 4.69) is 10.9 Å². The van der Waals surface area contributed by atoms with Gasteiger partial charge in [0.15, 0.2) is 0 Å². The molecule has 0 aromatic heterocycles. The van der Waals surface area contributed by atoms with Gasteiger partial charge in [-0.2, -0.15) is 0 Å². The van der Waals surface area contributed by atoms with Crippen molar-refractivity contribution in [2.75, 3.05) is 5.43 Å². The minimum atomic E-state index is -0.272. The van der Waals surface area contributed by atoms with Crippen LogP contribution in [0.3, 0.4) is 0 Å². The first kappa shape index (κ1) is 17.3. The van der Waals surface area contributed by atoms with Gasteiger partial charge in [0.1, 0.15) is 18.2 Å². The van der Waals surface area contributed by atoms with Crippen LogP contribution in [0.25, 0.3) is 0 Å². The second-order valence-electron chi connectivity index (χ2n) is 5.52. The third kappa shape index (κ3) is 5.21. The molecule has 0 heterocycles. The summed E-state index contributed by atoms with van der Waals surface area (Å²) in [5, 5.41) is 0.634. The lowest BCUT2D eigenvalue weighted by Gasteiger charge is -2.14. The molecule has 0 atom stereocenters. The molecular formula is C20H18ClFN2O. The third-order valence-corrected chi connectivity index (χ3v) is 3.83. The fourth-order valence-electron chi connectivity index (χ4n) is 2.38. The summed E-state index contributed by atoms with van der Waals surface area (Å²) in [6, 6.07) is 21.6. The van der Waals surface area contributed by atoms with Gasteiger partial charge in [-0.3, -0.25) is 0 Å². The van der Waals surface area contributed by atoms with Crippen molar-refractivity contribution in [1.82, 2.24) is 5.43 Å². The smallest absolute Gasteiger partial charge is 0.124 e. The van der Waals surface area contributed by atoms with Crippen molar-refractivity contribution in [2.24, 2.45) is 0 Å². The highest BCUT2D eigenvalue weighted by Crippen LogP contribution is 2.24. The molecular weight excluding hydrogens is 339 g/mol. The van der Waals surface area contributed by atoms with Crippen molar-refractivity contribution >= 4 is 17.3 Å². The Bertz CT molecular complexity index is 827. The van der Waals surface area contributed by atoms with Gasteiger partial charge >= 0.3 is 0 Å². The average Bonchev–Trinajstić information content (AvgIpc) is 2.62. The van der Waals surface area contributed by atoms with E-state index in [9.17, 15) is 4.39 Å². The Balaban J connectivity index is 1.63. The fraction of sp³-hybridized carbons (Fsp3) is 0.100. The molecule has 0 fully saturated rings. The number of rotatable bonds is 7. The van der Waals surface area contributed by atoms with Crippen molar-refractivity contribution in [3.8, 4) is 5.75 Å². The quantitative estimate of drug-likeness (QED) is 0.572. The highest BCUT2D eigenvalue weighted by atomic mass is 35.5. The van der Waals surface area contributed by atoms with E-state index in [1.54, 1.807) is 12.1 Å². The predicted molar refractivity (Wildman–Crippen MR) is 99.1 cm³/mol. The van der Waals surface area contributed by atoms with Gasteiger partial charge in [0, 0.05) is 22.8 Å². The molecule has 0 amide bonds. The second kappa shape index (κ2) is 8.51. The second-order valence-corrected chi connectivity index (χ2v) is 5.95. The van der Waals surface area contributed by atoms with Gasteiger partial charge in [-0.15, -0.1) is 0 Å². The molecule has 0 spiro atoms. The van der Waals surface area contributed by atoms with Crippen LogP contribution >= 0.6 is 11.6 Å². The number of anilines is 1. The lowest BCUT2D eigenvalue weighted by Crippen LogP contribution is -2.21. The maximum atomic E-state index is 13.3. The third-order valence-electron chi connectivity index (χ3n) is 3.59. The minimum absolute atomic E-state index is 0.272. The lowest BCUT2D eigenvalue weighted by molar-refractivity contribution is 0.302. The lowest BCUT2D eigenvalue weighted by atomic mass is 10.2. The van der Waals surface area contributed by atoms with E-state index in [-0.39, 0.29) is 5.82 Å². The zero-order valence-electron chi connectivity index (χ0n) is 13.5. The van der Waals surface area contributed by atoms with Gasteiger partial charge in [-0.05, 0) is 48.0 Å². The minimum Gasteiger partial charge on any atom is -0.489 e. The molecule has 5 heteroatoms. The molecule has 3 rings (SSSR count). The first-order chi connectivity index (χ1) is 12.2. The summed E-state index contributed by atoms with van der Waals surface area (Å²) in [5.74, 6) is 0.433. The molecule has 0 unspecified atom stereocenters. The molecule has 0 aliphatic heterocycles. The number of benzene rings is 3. The van der Waals surface area contributed by atoms with E-state index in [4.69, 9.17) is 16.3 Å². The molecule has 0 saturated heterocycles. The summed E-state index contributed by atoms with van der Waals surface area (Å²) in [5.41, 5.74) is 8.92. The maximum Gasteiger partial charge on any atom is 0.124 e. The molecule has 0 aliphatic carbocycles. The van der Waals surface area contributed by atoms with Gasteiger partial charge < -0.3 is 10.2 Å². The predicted octanol–water partition coefficient (Wildman–Crippen LogP) is 5.17. The molecule has 128 valence electrons. The van der Waals surface area contributed by atoms with Crippen molar-refractivity contribution in [3.63, 3.8) is 0 Å². The largest absolute Gasteiger partial charge is 0.489 e. The zero-order valence-corrected chi connectivity index (χ0v) is 14.3. The standard InChI is InChI=1S/C20H18ClFN2O/c21-17-9-10-20(25-14-15-5-4-6-18(22)11-15)16(12-17)13-23-24-19-7-2-1-3-8-19/h1-12,23-24H,13-14H2. The topological polar surface area (TPSA) is 33.3 Å². The monoisotopic (exact) mass is 356 g/mol. The molecule has 3 aromatic carbocycles. The van der Waals surface area contributed by atoms with E-state index in [0.717, 1.165) is 16.8 Å². The van der Waals surface area contributed by atoms with Gasteiger partial charge in [0.2, 0.25) is 0 Å². The molecule has 2 N–H and O–H groups in total. The van der Waals surface area contributed by atoms with Crippen molar-refractivity contribution in [2.45, 2.75) is 13.2 Å². The van der Waals surface area contributed by atoms with Crippen LogP contribution < -0.4 is 15.6 Å². The van der Waals surface area contributed by atoms with Crippen molar-refractivity contribution < 1.29 is 9.13 Å². The fourth-order valence-corrected chi connectivity index (χ4v) is 2.57. The normalized spacial score (nSPS) is 10.5. The highest BCUT2D eigenvalue weighted by Gasteiger charge is 2.06. The van der Waals surface area contributed by atoms with Crippen LogP contribution in [0.5, 0.6) is 5.75 Å². The van der Waals surface area contributed by atoms with Gasteiger partial charge in [-0.1, -0.05) is 41.9 Å². The van der Waals surface area contributed by atoms with E-state index < -0.39 is 0 Å². The van der Waals surface area contributed by atoms with Gasteiger partial charge in [0.05, 0.1) is 0 Å². The first-order valence-corrected chi connectivity index (χ1v) is 8.28. The number of nitrogens with one attached hydrogen (secondary N) is 2. The van der Waals surface area contributed by atoms with E-state index in [0.29, 0.717) is 23.9 Å². The van der Waals surface area contributed by atoms with Crippen LogP contribution in [0, 0.1) is 5.82 Å². The summed E-state index contributed by atoms with van der Waals surface area (Å²) in [6.07, 6.45) is 0. The Morgan fingerprint density at radius 3 is 2.56 bits per heavy atom. The average molecular weight is 357 g/mol. The Hall–Kier alpha value is -2.56. The summed E-state index contributed by atoms with van der Waals surface area (Å²) in [6.45, 7) is 0.812.